The first-order valence-electron chi connectivity index (χ1n) is 3.22. The van der Waals surface area contributed by atoms with Crippen molar-refractivity contribution in [3.8, 4) is 6.07 Å². The van der Waals surface area contributed by atoms with E-state index < -0.39 is 0 Å². The van der Waals surface area contributed by atoms with Crippen molar-refractivity contribution in [1.82, 2.24) is 0 Å². The summed E-state index contributed by atoms with van der Waals surface area (Å²) in [5.74, 6) is 0.472. The number of hydrogen-bond acceptors (Lipinski definition) is 1. The van der Waals surface area contributed by atoms with Gasteiger partial charge in [-0.05, 0) is 18.4 Å². The fourth-order valence-electron chi connectivity index (χ4n) is 0.929. The topological polar surface area (TPSA) is 23.8 Å². The number of nitrogens with zero attached hydrogens (tertiary/aromatic N) is 1. The van der Waals surface area contributed by atoms with Crippen molar-refractivity contribution in [1.29, 1.82) is 5.26 Å². The first-order valence-corrected chi connectivity index (χ1v) is 4.01. The van der Waals surface area contributed by atoms with E-state index in [2.05, 4.69) is 28.9 Å². The Morgan fingerprint density at radius 2 is 2.50 bits per heavy atom. The van der Waals surface area contributed by atoms with Crippen LogP contribution in [0.25, 0.3) is 0 Å². The fourth-order valence-corrected chi connectivity index (χ4v) is 1.34. The highest BCUT2D eigenvalue weighted by molar-refractivity contribution is 9.11. The van der Waals surface area contributed by atoms with Crippen LogP contribution in [-0.4, -0.2) is 0 Å². The van der Waals surface area contributed by atoms with Gasteiger partial charge in [-0.2, -0.15) is 5.26 Å². The molecule has 1 rings (SSSR count). The van der Waals surface area contributed by atoms with E-state index >= 15 is 0 Å². The molecule has 0 aromatic carbocycles. The molecule has 0 spiro atoms. The lowest BCUT2D eigenvalue weighted by molar-refractivity contribution is 0.723. The minimum atomic E-state index is 0.472. The maximum Gasteiger partial charge on any atom is 0.1000 e. The van der Waals surface area contributed by atoms with E-state index in [0.29, 0.717) is 5.92 Å². The second-order valence-corrected chi connectivity index (χ2v) is 3.27. The Labute approximate surface area is 69.2 Å². The molecule has 10 heavy (non-hydrogen) atoms. The molecule has 0 N–H and O–H groups in total. The van der Waals surface area contributed by atoms with Gasteiger partial charge in [0.15, 0.2) is 0 Å². The van der Waals surface area contributed by atoms with Crippen molar-refractivity contribution in [3.05, 3.63) is 22.2 Å². The molecule has 0 radical (unpaired) electrons. The Hall–Kier alpha value is -0.550. The zero-order valence-corrected chi connectivity index (χ0v) is 7.35. The van der Waals surface area contributed by atoms with Crippen LogP contribution in [0.4, 0.5) is 0 Å². The summed E-state index contributed by atoms with van der Waals surface area (Å²) in [5.41, 5.74) is 0.763. The summed E-state index contributed by atoms with van der Waals surface area (Å²) < 4.78 is 1.04. The highest BCUT2D eigenvalue weighted by Gasteiger charge is 2.12. The molecule has 0 amide bonds. The molecule has 0 aromatic heterocycles. The molecule has 0 bridgehead atoms. The van der Waals surface area contributed by atoms with Crippen LogP contribution in [0.1, 0.15) is 13.3 Å². The van der Waals surface area contributed by atoms with Gasteiger partial charge in [-0.25, -0.2) is 0 Å². The van der Waals surface area contributed by atoms with E-state index in [-0.39, 0.29) is 0 Å². The summed E-state index contributed by atoms with van der Waals surface area (Å²) in [6.07, 6.45) is 4.93. The highest BCUT2D eigenvalue weighted by Crippen LogP contribution is 2.28. The SMILES string of the molecule is CC1CC=CC(C#N)=C1Br. The summed E-state index contributed by atoms with van der Waals surface area (Å²) in [5, 5.41) is 8.59. The molecular weight excluding hydrogens is 190 g/mol. The zero-order valence-electron chi connectivity index (χ0n) is 5.76. The van der Waals surface area contributed by atoms with Crippen LogP contribution in [0.15, 0.2) is 22.2 Å². The Bertz CT molecular complexity index is 232. The molecule has 0 aliphatic heterocycles. The molecule has 0 heterocycles. The van der Waals surface area contributed by atoms with Gasteiger partial charge >= 0.3 is 0 Å². The van der Waals surface area contributed by atoms with Gasteiger partial charge < -0.3 is 0 Å². The van der Waals surface area contributed by atoms with Crippen LogP contribution in [-0.2, 0) is 0 Å². The molecule has 1 nitrogen and oxygen atoms in total. The summed E-state index contributed by atoms with van der Waals surface area (Å²) in [6, 6.07) is 2.13. The maximum absolute atomic E-state index is 8.59. The molecule has 0 saturated heterocycles. The minimum Gasteiger partial charge on any atom is -0.192 e. The zero-order chi connectivity index (χ0) is 7.56. The Balaban J connectivity index is 2.96. The highest BCUT2D eigenvalue weighted by atomic mass is 79.9. The molecule has 0 aromatic rings. The molecule has 2 heteroatoms. The smallest absolute Gasteiger partial charge is 0.1000 e. The molecule has 0 saturated carbocycles. The molecule has 0 fully saturated rings. The molecule has 52 valence electrons. The molecule has 1 unspecified atom stereocenters. The largest absolute Gasteiger partial charge is 0.192 e. The minimum absolute atomic E-state index is 0.472. The summed E-state index contributed by atoms with van der Waals surface area (Å²) in [6.45, 7) is 2.10. The lowest BCUT2D eigenvalue weighted by Crippen LogP contribution is -1.98. The van der Waals surface area contributed by atoms with E-state index in [1.54, 1.807) is 0 Å². The third-order valence-electron chi connectivity index (χ3n) is 1.58. The average molecular weight is 198 g/mol. The van der Waals surface area contributed by atoms with Crippen molar-refractivity contribution in [2.24, 2.45) is 5.92 Å². The summed E-state index contributed by atoms with van der Waals surface area (Å²) >= 11 is 3.39. The van der Waals surface area contributed by atoms with Crippen molar-refractivity contribution < 1.29 is 0 Å². The van der Waals surface area contributed by atoms with Crippen LogP contribution >= 0.6 is 15.9 Å². The van der Waals surface area contributed by atoms with Gasteiger partial charge in [0.25, 0.3) is 0 Å². The average Bonchev–Trinajstić information content (AvgIpc) is 1.95. The molecule has 1 aliphatic carbocycles. The van der Waals surface area contributed by atoms with E-state index in [1.807, 2.05) is 12.2 Å². The van der Waals surface area contributed by atoms with Crippen molar-refractivity contribution in [2.45, 2.75) is 13.3 Å². The number of nitriles is 1. The summed E-state index contributed by atoms with van der Waals surface area (Å²) in [4.78, 5) is 0. The third kappa shape index (κ3) is 1.30. The van der Waals surface area contributed by atoms with E-state index in [9.17, 15) is 0 Å². The number of allylic oxidation sites excluding steroid dienone is 4. The second kappa shape index (κ2) is 3.03. The first-order chi connectivity index (χ1) is 4.75. The van der Waals surface area contributed by atoms with Gasteiger partial charge in [-0.15, -0.1) is 0 Å². The third-order valence-corrected chi connectivity index (χ3v) is 2.79. The van der Waals surface area contributed by atoms with Crippen LogP contribution in [0.5, 0.6) is 0 Å². The van der Waals surface area contributed by atoms with Crippen LogP contribution in [0.3, 0.4) is 0 Å². The number of hydrogen-bond donors (Lipinski definition) is 0. The van der Waals surface area contributed by atoms with E-state index in [1.165, 1.54) is 0 Å². The predicted molar refractivity (Wildman–Crippen MR) is 44.5 cm³/mol. The lowest BCUT2D eigenvalue weighted by atomic mass is 9.99. The number of rotatable bonds is 0. The summed E-state index contributed by atoms with van der Waals surface area (Å²) in [7, 11) is 0. The maximum atomic E-state index is 8.59. The predicted octanol–water partition coefficient (Wildman–Crippen LogP) is 2.75. The first kappa shape index (κ1) is 7.56. The van der Waals surface area contributed by atoms with Crippen molar-refractivity contribution in [2.75, 3.05) is 0 Å². The van der Waals surface area contributed by atoms with Gasteiger partial charge in [0.1, 0.15) is 0 Å². The lowest BCUT2D eigenvalue weighted by Gasteiger charge is -2.12. The fraction of sp³-hybridized carbons (Fsp3) is 0.375. The Kier molecular flexibility index (Phi) is 2.29. The normalized spacial score (nSPS) is 24.7. The Morgan fingerprint density at radius 1 is 1.80 bits per heavy atom. The van der Waals surface area contributed by atoms with Crippen LogP contribution in [0.2, 0.25) is 0 Å². The van der Waals surface area contributed by atoms with Gasteiger partial charge in [0.2, 0.25) is 0 Å². The van der Waals surface area contributed by atoms with Crippen molar-refractivity contribution in [3.63, 3.8) is 0 Å². The van der Waals surface area contributed by atoms with Crippen molar-refractivity contribution >= 4 is 15.9 Å². The van der Waals surface area contributed by atoms with Crippen LogP contribution in [0, 0.1) is 17.2 Å². The van der Waals surface area contributed by atoms with Gasteiger partial charge in [-0.1, -0.05) is 28.9 Å². The van der Waals surface area contributed by atoms with Gasteiger partial charge in [0, 0.05) is 4.48 Å². The standard InChI is InChI=1S/C8H8BrN/c1-6-3-2-4-7(5-10)8(6)9/h2,4,6H,3H2,1H3. The molecule has 1 atom stereocenters. The molecule has 1 aliphatic rings. The second-order valence-electron chi connectivity index (χ2n) is 2.41. The molecular formula is C8H8BrN. The van der Waals surface area contributed by atoms with Gasteiger partial charge in [-0.3, -0.25) is 0 Å². The van der Waals surface area contributed by atoms with E-state index in [0.717, 1.165) is 16.5 Å². The monoisotopic (exact) mass is 197 g/mol. The van der Waals surface area contributed by atoms with E-state index in [4.69, 9.17) is 5.26 Å². The Morgan fingerprint density at radius 3 is 3.00 bits per heavy atom. The number of halogens is 1. The quantitative estimate of drug-likeness (QED) is 0.587. The van der Waals surface area contributed by atoms with Crippen LogP contribution < -0.4 is 0 Å². The van der Waals surface area contributed by atoms with Gasteiger partial charge in [0.05, 0.1) is 11.6 Å².